The van der Waals surface area contributed by atoms with Crippen molar-refractivity contribution in [2.45, 2.75) is 44.4 Å². The Hall–Kier alpha value is -14.1. The van der Waals surface area contributed by atoms with Gasteiger partial charge in [-0.2, -0.15) is 0 Å². The maximum atomic E-state index is 2.50. The van der Waals surface area contributed by atoms with E-state index < -0.39 is 0 Å². The molecule has 18 aromatic carbocycles. The van der Waals surface area contributed by atoms with Gasteiger partial charge in [-0.25, -0.2) is 0 Å². The summed E-state index contributed by atoms with van der Waals surface area (Å²) in [6.45, 7) is 9.51. The van der Waals surface area contributed by atoms with E-state index in [1.165, 1.54) is 215 Å². The predicted molar refractivity (Wildman–Crippen MR) is 481 cm³/mol. The molecule has 0 saturated heterocycles. The third-order valence-corrected chi connectivity index (χ3v) is 25.8. The second-order valence-electron chi connectivity index (χ2n) is 32.6. The minimum absolute atomic E-state index is 0.0899. The largest absolute Gasteiger partial charge is 0.309 e. The summed E-state index contributed by atoms with van der Waals surface area (Å²) in [4.78, 5) is 0. The van der Waals surface area contributed by atoms with Crippen molar-refractivity contribution in [2.75, 3.05) is 0 Å². The lowest BCUT2D eigenvalue weighted by Gasteiger charge is -2.21. The second-order valence-corrected chi connectivity index (χ2v) is 32.6. The van der Waals surface area contributed by atoms with Crippen LogP contribution in [0.15, 0.2) is 388 Å². The van der Waals surface area contributed by atoms with Crippen molar-refractivity contribution in [3.8, 4) is 95.0 Å². The topological polar surface area (TPSA) is 14.8 Å². The van der Waals surface area contributed by atoms with Crippen LogP contribution in [0.1, 0.15) is 72.6 Å². The Labute approximate surface area is 662 Å². The molecule has 536 valence electrons. The Bertz CT molecular complexity index is 7590. The zero-order valence-corrected chi connectivity index (χ0v) is 63.9. The summed E-state index contributed by atoms with van der Waals surface area (Å²) in [5, 5.41) is 12.8. The van der Waals surface area contributed by atoms with E-state index in [2.05, 4.69) is 430 Å². The molecule has 114 heavy (non-hydrogen) atoms. The molecule has 21 aromatic rings. The third-order valence-electron chi connectivity index (χ3n) is 25.8. The molecular weight excluding hydrogens is 1380 g/mol. The number of rotatable bonds is 8. The molecule has 0 bridgehead atoms. The molecule has 24 rings (SSSR count). The van der Waals surface area contributed by atoms with E-state index in [0.717, 1.165) is 5.69 Å². The summed E-state index contributed by atoms with van der Waals surface area (Å²) in [7, 11) is 0. The summed E-state index contributed by atoms with van der Waals surface area (Å²) in [6, 6.07) is 144. The van der Waals surface area contributed by atoms with Crippen LogP contribution in [0.2, 0.25) is 0 Å². The van der Waals surface area contributed by atoms with Gasteiger partial charge in [-0.1, -0.05) is 319 Å². The highest BCUT2D eigenvalue weighted by atomic mass is 15.0. The number of aromatic nitrogens is 3. The van der Waals surface area contributed by atoms with Crippen molar-refractivity contribution < 1.29 is 0 Å². The summed E-state index contributed by atoms with van der Waals surface area (Å²) >= 11 is 0. The molecule has 0 aliphatic heterocycles. The summed E-state index contributed by atoms with van der Waals surface area (Å²) in [5.41, 5.74) is 38.2. The van der Waals surface area contributed by atoms with Crippen LogP contribution in [-0.2, 0) is 10.8 Å². The van der Waals surface area contributed by atoms with Gasteiger partial charge in [-0.3, -0.25) is 0 Å². The lowest BCUT2D eigenvalue weighted by Crippen LogP contribution is -2.14. The number of nitrogens with zero attached hydrogens (tertiary/aromatic N) is 3. The highest BCUT2D eigenvalue weighted by Crippen LogP contribution is 2.56. The molecule has 1 unspecified atom stereocenters. The van der Waals surface area contributed by atoms with Gasteiger partial charge in [-0.15, -0.1) is 0 Å². The smallest absolute Gasteiger partial charge is 0.0547 e. The van der Waals surface area contributed by atoms with Gasteiger partial charge in [0.1, 0.15) is 0 Å². The van der Waals surface area contributed by atoms with Gasteiger partial charge in [0.05, 0.1) is 38.8 Å². The Balaban J connectivity index is 0.000000135. The maximum absolute atomic E-state index is 2.50. The van der Waals surface area contributed by atoms with Gasteiger partial charge < -0.3 is 13.7 Å². The van der Waals surface area contributed by atoms with Crippen LogP contribution < -0.4 is 0 Å². The molecule has 0 amide bonds. The quantitative estimate of drug-likeness (QED) is 0.144. The summed E-state index contributed by atoms with van der Waals surface area (Å²) in [5.74, 6) is 0.193. The van der Waals surface area contributed by atoms with E-state index in [0.29, 0.717) is 0 Å². The van der Waals surface area contributed by atoms with E-state index >= 15 is 0 Å². The van der Waals surface area contributed by atoms with Crippen LogP contribution in [0.25, 0.3) is 182 Å². The first-order chi connectivity index (χ1) is 56.1. The molecule has 0 N–H and O–H groups in total. The normalized spacial score (nSPS) is 14.0. The summed E-state index contributed by atoms with van der Waals surface area (Å²) in [6.07, 6.45) is 0. The van der Waals surface area contributed by atoms with Crippen LogP contribution in [0.5, 0.6) is 0 Å². The van der Waals surface area contributed by atoms with Crippen LogP contribution in [0.4, 0.5) is 0 Å². The van der Waals surface area contributed by atoms with Gasteiger partial charge in [0.2, 0.25) is 0 Å². The highest BCUT2D eigenvalue weighted by molar-refractivity contribution is 6.20. The maximum Gasteiger partial charge on any atom is 0.0547 e. The zero-order valence-electron chi connectivity index (χ0n) is 63.9. The fraction of sp³-hybridized carbons (Fsp3) is 0.0631. The Morgan fingerprint density at radius 3 is 1.35 bits per heavy atom. The average molecular weight is 1450 g/mol. The second kappa shape index (κ2) is 25.2. The molecule has 3 nitrogen and oxygen atoms in total. The average Bonchev–Trinajstić information content (AvgIpc) is 1.55. The lowest BCUT2D eigenvalue weighted by atomic mass is 9.82. The molecule has 0 spiro atoms. The van der Waals surface area contributed by atoms with Gasteiger partial charge in [0.25, 0.3) is 0 Å². The number of benzene rings is 18. The number of fused-ring (bicyclic) bond motifs is 21. The van der Waals surface area contributed by atoms with Gasteiger partial charge in [0.15, 0.2) is 0 Å². The van der Waals surface area contributed by atoms with Gasteiger partial charge >= 0.3 is 0 Å². The first-order valence-corrected chi connectivity index (χ1v) is 40.1. The molecular formula is C111H77N3. The van der Waals surface area contributed by atoms with Crippen molar-refractivity contribution in [3.63, 3.8) is 0 Å². The lowest BCUT2D eigenvalue weighted by molar-refractivity contribution is 0.661. The van der Waals surface area contributed by atoms with Crippen molar-refractivity contribution >= 4 is 87.0 Å². The van der Waals surface area contributed by atoms with Crippen molar-refractivity contribution in [1.82, 2.24) is 13.7 Å². The van der Waals surface area contributed by atoms with Crippen LogP contribution in [-0.4, -0.2) is 13.7 Å². The molecule has 1 atom stereocenters. The van der Waals surface area contributed by atoms with Crippen molar-refractivity contribution in [2.24, 2.45) is 0 Å². The van der Waals surface area contributed by atoms with Crippen LogP contribution >= 0.6 is 0 Å². The molecule has 3 heterocycles. The number of para-hydroxylation sites is 1. The SMILES string of the molecule is CC1(C)c2ccccc2-c2c1ccc1c2c2cc(-c3ccc4c(c3)c3ccccc3n4-c3cccc4ccccc34)ccc2n1-c1cccc(-c2ccccc2)c1.CC1(C)c2ccccc2-c2cc3c(cc21)c1cc(-c2ccc4c(c2)-c2ccccc2C4c2cccc4ccccc24)ccc1n3-c1cccc(-c2ccccc2)c1. The van der Waals surface area contributed by atoms with E-state index in [1.54, 1.807) is 0 Å². The molecule has 3 aliphatic rings. The Morgan fingerprint density at radius 2 is 0.649 bits per heavy atom. The Morgan fingerprint density at radius 1 is 0.211 bits per heavy atom. The summed E-state index contributed by atoms with van der Waals surface area (Å²) < 4.78 is 7.42. The van der Waals surface area contributed by atoms with E-state index in [9.17, 15) is 0 Å². The highest BCUT2D eigenvalue weighted by Gasteiger charge is 2.39. The zero-order chi connectivity index (χ0) is 75.7. The fourth-order valence-electron chi connectivity index (χ4n) is 20.4. The molecule has 3 heteroatoms. The minimum Gasteiger partial charge on any atom is -0.309 e. The van der Waals surface area contributed by atoms with Crippen LogP contribution in [0.3, 0.4) is 0 Å². The molecule has 0 saturated carbocycles. The van der Waals surface area contributed by atoms with Crippen LogP contribution in [0, 0.1) is 0 Å². The van der Waals surface area contributed by atoms with E-state index in [1.807, 2.05) is 0 Å². The van der Waals surface area contributed by atoms with E-state index in [-0.39, 0.29) is 16.7 Å². The number of hydrogen-bond acceptors (Lipinski definition) is 0. The fourth-order valence-corrected chi connectivity index (χ4v) is 20.4. The molecule has 3 aliphatic carbocycles. The molecule has 3 aromatic heterocycles. The third kappa shape index (κ3) is 9.88. The molecule has 0 fully saturated rings. The minimum atomic E-state index is -0.0945. The Kier molecular flexibility index (Phi) is 14.5. The standard InChI is InChI=1S/C56H39N.C55H38N2/c1-56(2)51-25-11-10-22-43(51)48-34-54-50(33-52(48)56)49-32-39(27-29-53(49)57(54)40-19-12-18-37(30-40)35-14-4-3-5-15-35)38-26-28-46-47(31-38)42-21-8-9-23-45(42)55(46)44-24-13-17-36-16-6-7-20-41(36)44;1-55(2)46-23-10-8-22-43(46)53-47(55)28-31-52-54(53)45-34-39(27-30-51(45)56(52)40-19-12-18-37(32-40)35-14-4-3-5-15-35)38-26-29-50-44(33-38)42-21-9-11-24-49(42)57(50)48-25-13-17-36-16-6-7-20-41(36)48/h3-34,55H,1-2H3;3-34H,1-2H3. The van der Waals surface area contributed by atoms with Gasteiger partial charge in [0, 0.05) is 65.8 Å². The van der Waals surface area contributed by atoms with Crippen molar-refractivity contribution in [3.05, 3.63) is 427 Å². The van der Waals surface area contributed by atoms with Gasteiger partial charge in [-0.05, 0) is 230 Å². The van der Waals surface area contributed by atoms with Crippen molar-refractivity contribution in [1.29, 1.82) is 0 Å². The monoisotopic (exact) mass is 1450 g/mol. The number of hydrogen-bond donors (Lipinski definition) is 0. The molecule has 0 radical (unpaired) electrons. The predicted octanol–water partition coefficient (Wildman–Crippen LogP) is 29.4. The first kappa shape index (κ1) is 65.7. The first-order valence-electron chi connectivity index (χ1n) is 40.1. The van der Waals surface area contributed by atoms with E-state index in [4.69, 9.17) is 0 Å².